The van der Waals surface area contributed by atoms with Crippen molar-refractivity contribution in [2.24, 2.45) is 0 Å². The third-order valence-corrected chi connectivity index (χ3v) is 2.48. The number of rotatable bonds is 1. The van der Waals surface area contributed by atoms with Crippen LogP contribution in [-0.4, -0.2) is 17.1 Å². The van der Waals surface area contributed by atoms with Crippen LogP contribution in [0.1, 0.15) is 30.7 Å². The van der Waals surface area contributed by atoms with Gasteiger partial charge in [-0.3, -0.25) is 4.90 Å². The summed E-state index contributed by atoms with van der Waals surface area (Å²) in [6.07, 6.45) is 1.04. The standard InChI is InChI=1S/C8H13N3O/c1-3-6-7-5(4-11(6)2)8(9)10-12-7/h6H,3-4H2,1-2H3,(H2,9,10). The molecule has 4 heteroatoms. The number of nitrogens with two attached hydrogens (primary N) is 1. The van der Waals surface area contributed by atoms with Crippen molar-refractivity contribution in [3.63, 3.8) is 0 Å². The Morgan fingerprint density at radius 3 is 3.17 bits per heavy atom. The van der Waals surface area contributed by atoms with E-state index in [1.54, 1.807) is 0 Å². The maximum Gasteiger partial charge on any atom is 0.171 e. The molecule has 0 aliphatic carbocycles. The lowest BCUT2D eigenvalue weighted by atomic mass is 10.1. The quantitative estimate of drug-likeness (QED) is 0.681. The van der Waals surface area contributed by atoms with Crippen LogP contribution in [0.15, 0.2) is 4.52 Å². The van der Waals surface area contributed by atoms with E-state index in [9.17, 15) is 0 Å². The Labute approximate surface area is 71.3 Å². The zero-order chi connectivity index (χ0) is 8.72. The van der Waals surface area contributed by atoms with Crippen molar-refractivity contribution in [2.45, 2.75) is 25.9 Å². The van der Waals surface area contributed by atoms with Crippen molar-refractivity contribution in [3.05, 3.63) is 11.3 Å². The SMILES string of the molecule is CCC1c2onc(N)c2CN1C. The molecule has 0 amide bonds. The Bertz CT molecular complexity index is 294. The lowest BCUT2D eigenvalue weighted by Gasteiger charge is -2.15. The number of aromatic nitrogens is 1. The van der Waals surface area contributed by atoms with Crippen molar-refractivity contribution >= 4 is 5.82 Å². The van der Waals surface area contributed by atoms with Gasteiger partial charge in [0.05, 0.1) is 11.6 Å². The van der Waals surface area contributed by atoms with Gasteiger partial charge in [-0.1, -0.05) is 12.1 Å². The average Bonchev–Trinajstić information content (AvgIpc) is 2.52. The molecule has 0 spiro atoms. The lowest BCUT2D eigenvalue weighted by molar-refractivity contribution is 0.221. The van der Waals surface area contributed by atoms with Crippen LogP contribution in [0.5, 0.6) is 0 Å². The molecule has 0 radical (unpaired) electrons. The normalized spacial score (nSPS) is 23.0. The molecule has 2 heterocycles. The van der Waals surface area contributed by atoms with Crippen molar-refractivity contribution in [1.29, 1.82) is 0 Å². The number of fused-ring (bicyclic) bond motifs is 1. The van der Waals surface area contributed by atoms with Crippen molar-refractivity contribution in [3.8, 4) is 0 Å². The average molecular weight is 167 g/mol. The first-order valence-corrected chi connectivity index (χ1v) is 4.18. The molecule has 66 valence electrons. The van der Waals surface area contributed by atoms with Crippen molar-refractivity contribution in [2.75, 3.05) is 12.8 Å². The maximum atomic E-state index is 5.64. The molecule has 2 N–H and O–H groups in total. The van der Waals surface area contributed by atoms with Crippen molar-refractivity contribution < 1.29 is 4.52 Å². The Morgan fingerprint density at radius 2 is 2.50 bits per heavy atom. The second kappa shape index (κ2) is 2.48. The molecule has 0 fully saturated rings. The monoisotopic (exact) mass is 167 g/mol. The fraction of sp³-hybridized carbons (Fsp3) is 0.625. The molecule has 1 unspecified atom stereocenters. The molecule has 1 aromatic rings. The van der Waals surface area contributed by atoms with Gasteiger partial charge >= 0.3 is 0 Å². The zero-order valence-electron chi connectivity index (χ0n) is 7.37. The zero-order valence-corrected chi connectivity index (χ0v) is 7.37. The van der Waals surface area contributed by atoms with Crippen LogP contribution in [0.25, 0.3) is 0 Å². The van der Waals surface area contributed by atoms with E-state index < -0.39 is 0 Å². The van der Waals surface area contributed by atoms with Gasteiger partial charge in [-0.05, 0) is 13.5 Å². The highest BCUT2D eigenvalue weighted by atomic mass is 16.5. The van der Waals surface area contributed by atoms with Crippen LogP contribution in [0.4, 0.5) is 5.82 Å². The second-order valence-corrected chi connectivity index (χ2v) is 3.25. The molecule has 0 aromatic carbocycles. The Balaban J connectivity index is 2.41. The van der Waals surface area contributed by atoms with E-state index >= 15 is 0 Å². The number of anilines is 1. The highest BCUT2D eigenvalue weighted by Gasteiger charge is 2.32. The molecule has 1 aromatic heterocycles. The number of hydrogen-bond donors (Lipinski definition) is 1. The van der Waals surface area contributed by atoms with Crippen LogP contribution >= 0.6 is 0 Å². The number of hydrogen-bond acceptors (Lipinski definition) is 4. The first-order valence-electron chi connectivity index (χ1n) is 4.18. The van der Waals surface area contributed by atoms with Crippen LogP contribution in [-0.2, 0) is 6.54 Å². The Morgan fingerprint density at radius 1 is 1.75 bits per heavy atom. The molecule has 1 aliphatic rings. The van der Waals surface area contributed by atoms with Gasteiger partial charge in [-0.15, -0.1) is 0 Å². The summed E-state index contributed by atoms with van der Waals surface area (Å²) in [4.78, 5) is 2.23. The van der Waals surface area contributed by atoms with E-state index in [1.807, 2.05) is 0 Å². The minimum absolute atomic E-state index is 0.366. The molecule has 2 rings (SSSR count). The van der Waals surface area contributed by atoms with Gasteiger partial charge in [0, 0.05) is 6.54 Å². The molecule has 1 aliphatic heterocycles. The first kappa shape index (κ1) is 7.61. The summed E-state index contributed by atoms with van der Waals surface area (Å²) in [5.74, 6) is 1.50. The predicted octanol–water partition coefficient (Wildman–Crippen LogP) is 1.15. The molecule has 12 heavy (non-hydrogen) atoms. The minimum Gasteiger partial charge on any atom is -0.381 e. The summed E-state index contributed by atoms with van der Waals surface area (Å²) in [6.45, 7) is 3.00. The molecular formula is C8H13N3O. The Hall–Kier alpha value is -1.03. The highest BCUT2D eigenvalue weighted by molar-refractivity contribution is 5.43. The van der Waals surface area contributed by atoms with Crippen LogP contribution in [0.2, 0.25) is 0 Å². The van der Waals surface area contributed by atoms with Crippen molar-refractivity contribution in [1.82, 2.24) is 10.1 Å². The smallest absolute Gasteiger partial charge is 0.171 e. The third kappa shape index (κ3) is 0.845. The van der Waals surface area contributed by atoms with E-state index in [0.29, 0.717) is 11.9 Å². The second-order valence-electron chi connectivity index (χ2n) is 3.25. The van der Waals surface area contributed by atoms with Crippen LogP contribution in [0, 0.1) is 0 Å². The van der Waals surface area contributed by atoms with Gasteiger partial charge in [0.15, 0.2) is 11.6 Å². The van der Waals surface area contributed by atoms with Gasteiger partial charge in [-0.25, -0.2) is 0 Å². The van der Waals surface area contributed by atoms with Gasteiger partial charge in [0.1, 0.15) is 0 Å². The maximum absolute atomic E-state index is 5.64. The van der Waals surface area contributed by atoms with Crippen LogP contribution in [0.3, 0.4) is 0 Å². The topological polar surface area (TPSA) is 55.3 Å². The van der Waals surface area contributed by atoms with E-state index in [-0.39, 0.29) is 0 Å². The van der Waals surface area contributed by atoms with Crippen LogP contribution < -0.4 is 5.73 Å². The van der Waals surface area contributed by atoms with E-state index in [2.05, 4.69) is 24.0 Å². The van der Waals surface area contributed by atoms with E-state index in [1.165, 1.54) is 0 Å². The summed E-state index contributed by atoms with van der Waals surface area (Å²) < 4.78 is 5.16. The fourth-order valence-corrected chi connectivity index (χ4v) is 1.81. The molecular weight excluding hydrogens is 154 g/mol. The van der Waals surface area contributed by atoms with E-state index in [4.69, 9.17) is 10.3 Å². The number of nitrogens with zero attached hydrogens (tertiary/aromatic N) is 2. The van der Waals surface area contributed by atoms with E-state index in [0.717, 1.165) is 24.3 Å². The summed E-state index contributed by atoms with van der Waals surface area (Å²) in [6, 6.07) is 0.366. The Kier molecular flexibility index (Phi) is 1.58. The van der Waals surface area contributed by atoms with Gasteiger partial charge in [0.25, 0.3) is 0 Å². The molecule has 0 bridgehead atoms. The fourth-order valence-electron chi connectivity index (χ4n) is 1.81. The van der Waals surface area contributed by atoms with Gasteiger partial charge in [0.2, 0.25) is 0 Å². The molecule has 1 atom stereocenters. The lowest BCUT2D eigenvalue weighted by Crippen LogP contribution is -2.15. The third-order valence-electron chi connectivity index (χ3n) is 2.48. The molecule has 4 nitrogen and oxygen atoms in total. The summed E-state index contributed by atoms with van der Waals surface area (Å²) >= 11 is 0. The molecule has 0 saturated carbocycles. The predicted molar refractivity (Wildman–Crippen MR) is 45.4 cm³/mol. The first-order chi connectivity index (χ1) is 5.74. The summed E-state index contributed by atoms with van der Waals surface area (Å²) in [7, 11) is 2.07. The van der Waals surface area contributed by atoms with Gasteiger partial charge < -0.3 is 10.3 Å². The molecule has 0 saturated heterocycles. The largest absolute Gasteiger partial charge is 0.381 e. The summed E-state index contributed by atoms with van der Waals surface area (Å²) in [5.41, 5.74) is 6.71. The minimum atomic E-state index is 0.366. The number of nitrogen functional groups attached to an aromatic ring is 1. The van der Waals surface area contributed by atoms with Gasteiger partial charge in [-0.2, -0.15) is 0 Å². The summed E-state index contributed by atoms with van der Waals surface area (Å²) in [5, 5.41) is 3.75. The highest BCUT2D eigenvalue weighted by Crippen LogP contribution is 2.36.